The van der Waals surface area contributed by atoms with Crippen molar-refractivity contribution in [1.29, 1.82) is 0 Å². The van der Waals surface area contributed by atoms with Gasteiger partial charge in [-0.15, -0.1) is 0 Å². The molecule has 0 unspecified atom stereocenters. The first-order valence-electron chi connectivity index (χ1n) is 7.30. The smallest absolute Gasteiger partial charge is 0.115 e. The largest absolute Gasteiger partial charge is 0.331 e. The van der Waals surface area contributed by atoms with E-state index in [9.17, 15) is 0 Å². The Kier molecular flexibility index (Phi) is 3.09. The van der Waals surface area contributed by atoms with Crippen molar-refractivity contribution in [1.82, 2.24) is 9.55 Å². The van der Waals surface area contributed by atoms with Gasteiger partial charge >= 0.3 is 0 Å². The predicted molar refractivity (Wildman–Crippen MR) is 79.0 cm³/mol. The van der Waals surface area contributed by atoms with E-state index in [1.807, 2.05) is 0 Å². The van der Waals surface area contributed by atoms with Gasteiger partial charge in [-0.2, -0.15) is 0 Å². The summed E-state index contributed by atoms with van der Waals surface area (Å²) in [6, 6.07) is 6.37. The van der Waals surface area contributed by atoms with Gasteiger partial charge in [0.05, 0.1) is 11.0 Å². The lowest BCUT2D eigenvalue weighted by atomic mass is 9.75. The summed E-state index contributed by atoms with van der Waals surface area (Å²) in [5, 5.41) is 0. The normalized spacial score (nSPS) is 18.9. The maximum absolute atomic E-state index is 5.74. The van der Waals surface area contributed by atoms with Gasteiger partial charge in [-0.3, -0.25) is 0 Å². The van der Waals surface area contributed by atoms with Crippen LogP contribution in [0.25, 0.3) is 11.0 Å². The second-order valence-corrected chi connectivity index (χ2v) is 6.14. The highest BCUT2D eigenvalue weighted by molar-refractivity contribution is 5.77. The van der Waals surface area contributed by atoms with Gasteiger partial charge in [0, 0.05) is 19.0 Å². The molecule has 0 aliphatic heterocycles. The van der Waals surface area contributed by atoms with Crippen LogP contribution >= 0.6 is 0 Å². The number of fused-ring (bicyclic) bond motifs is 1. The second-order valence-electron chi connectivity index (χ2n) is 6.14. The summed E-state index contributed by atoms with van der Waals surface area (Å²) >= 11 is 0. The Hall–Kier alpha value is -1.35. The van der Waals surface area contributed by atoms with Crippen molar-refractivity contribution in [2.45, 2.75) is 51.0 Å². The fraction of sp³-hybridized carbons (Fsp3) is 0.562. The summed E-state index contributed by atoms with van der Waals surface area (Å²) < 4.78 is 2.28. The molecule has 2 N–H and O–H groups in total. The summed E-state index contributed by atoms with van der Waals surface area (Å²) in [6.45, 7) is 2.96. The molecule has 3 heteroatoms. The standard InChI is InChI=1S/C16H23N3/c1-16(8-4-3-5-9-16)15-18-13-7-6-12(11-17)10-14(13)19(15)2/h6-7,10H,3-5,8-9,11,17H2,1-2H3. The lowest BCUT2D eigenvalue weighted by molar-refractivity contribution is 0.299. The summed E-state index contributed by atoms with van der Waals surface area (Å²) in [5.74, 6) is 1.25. The third kappa shape index (κ3) is 2.06. The zero-order chi connectivity index (χ0) is 13.5. The molecule has 102 valence electrons. The van der Waals surface area contributed by atoms with Crippen LogP contribution in [0.4, 0.5) is 0 Å². The minimum atomic E-state index is 0.245. The topological polar surface area (TPSA) is 43.8 Å². The molecular formula is C16H23N3. The third-order valence-corrected chi connectivity index (χ3v) is 4.68. The molecule has 0 amide bonds. The zero-order valence-electron chi connectivity index (χ0n) is 11.9. The minimum absolute atomic E-state index is 0.245. The molecule has 19 heavy (non-hydrogen) atoms. The van der Waals surface area contributed by atoms with Crippen molar-refractivity contribution in [3.05, 3.63) is 29.6 Å². The first-order chi connectivity index (χ1) is 9.14. The summed E-state index contributed by atoms with van der Waals surface area (Å²) in [4.78, 5) is 4.91. The maximum atomic E-state index is 5.74. The first kappa shape index (κ1) is 12.7. The van der Waals surface area contributed by atoms with Gasteiger partial charge in [0.1, 0.15) is 5.82 Å². The quantitative estimate of drug-likeness (QED) is 0.897. The van der Waals surface area contributed by atoms with Crippen molar-refractivity contribution in [3.63, 3.8) is 0 Å². The number of nitrogens with two attached hydrogens (primary N) is 1. The van der Waals surface area contributed by atoms with E-state index in [0.29, 0.717) is 6.54 Å². The Morgan fingerprint density at radius 1 is 1.26 bits per heavy atom. The van der Waals surface area contributed by atoms with Gasteiger partial charge in [0.25, 0.3) is 0 Å². The fourth-order valence-corrected chi connectivity index (χ4v) is 3.46. The van der Waals surface area contributed by atoms with Crippen LogP contribution in [0.5, 0.6) is 0 Å². The number of hydrogen-bond acceptors (Lipinski definition) is 2. The second kappa shape index (κ2) is 4.64. The van der Waals surface area contributed by atoms with Gasteiger partial charge < -0.3 is 10.3 Å². The van der Waals surface area contributed by atoms with E-state index in [1.165, 1.54) is 49.0 Å². The number of aromatic nitrogens is 2. The molecule has 1 saturated carbocycles. The van der Waals surface area contributed by atoms with Gasteiger partial charge in [-0.05, 0) is 30.5 Å². The van der Waals surface area contributed by atoms with E-state index >= 15 is 0 Å². The summed E-state index contributed by atoms with van der Waals surface area (Å²) in [7, 11) is 2.14. The molecule has 1 aliphatic rings. The van der Waals surface area contributed by atoms with Crippen molar-refractivity contribution in [3.8, 4) is 0 Å². The average molecular weight is 257 g/mol. The van der Waals surface area contributed by atoms with Gasteiger partial charge in [0.2, 0.25) is 0 Å². The number of hydrogen-bond donors (Lipinski definition) is 1. The molecule has 0 spiro atoms. The zero-order valence-corrected chi connectivity index (χ0v) is 11.9. The van der Waals surface area contributed by atoms with E-state index in [2.05, 4.69) is 36.7 Å². The molecule has 1 aliphatic carbocycles. The number of benzene rings is 1. The van der Waals surface area contributed by atoms with Gasteiger partial charge in [-0.1, -0.05) is 32.3 Å². The van der Waals surface area contributed by atoms with Crippen molar-refractivity contribution >= 4 is 11.0 Å². The molecular weight excluding hydrogens is 234 g/mol. The molecule has 1 fully saturated rings. The number of rotatable bonds is 2. The highest BCUT2D eigenvalue weighted by Gasteiger charge is 2.33. The molecule has 1 aromatic carbocycles. The Morgan fingerprint density at radius 2 is 2.00 bits per heavy atom. The van der Waals surface area contributed by atoms with Gasteiger partial charge in [-0.25, -0.2) is 4.98 Å². The predicted octanol–water partition coefficient (Wildman–Crippen LogP) is 3.25. The molecule has 0 atom stereocenters. The monoisotopic (exact) mass is 257 g/mol. The van der Waals surface area contributed by atoms with Gasteiger partial charge in [0.15, 0.2) is 0 Å². The Balaban J connectivity index is 2.11. The van der Waals surface area contributed by atoms with Crippen molar-refractivity contribution in [2.24, 2.45) is 12.8 Å². The highest BCUT2D eigenvalue weighted by Crippen LogP contribution is 2.39. The molecule has 1 aromatic heterocycles. The van der Waals surface area contributed by atoms with Crippen LogP contribution in [0.1, 0.15) is 50.4 Å². The molecule has 3 nitrogen and oxygen atoms in total. The third-order valence-electron chi connectivity index (χ3n) is 4.68. The average Bonchev–Trinajstić information content (AvgIpc) is 2.77. The van der Waals surface area contributed by atoms with E-state index in [4.69, 9.17) is 10.7 Å². The maximum Gasteiger partial charge on any atom is 0.115 e. The SMILES string of the molecule is Cn1c(C2(C)CCCCC2)nc2ccc(CN)cc21. The minimum Gasteiger partial charge on any atom is -0.331 e. The molecule has 0 radical (unpaired) electrons. The van der Waals surface area contributed by atoms with Crippen LogP contribution in [-0.2, 0) is 19.0 Å². The molecule has 1 heterocycles. The van der Waals surface area contributed by atoms with Crippen LogP contribution in [0, 0.1) is 0 Å². The molecule has 3 rings (SSSR count). The first-order valence-corrected chi connectivity index (χ1v) is 7.30. The lowest BCUT2D eigenvalue weighted by Crippen LogP contribution is -2.28. The summed E-state index contributed by atoms with van der Waals surface area (Å²) in [5.41, 5.74) is 9.47. The van der Waals surface area contributed by atoms with Crippen LogP contribution in [0.2, 0.25) is 0 Å². The van der Waals surface area contributed by atoms with E-state index in [1.54, 1.807) is 0 Å². The number of nitrogens with zero attached hydrogens (tertiary/aromatic N) is 2. The van der Waals surface area contributed by atoms with Crippen LogP contribution in [0.15, 0.2) is 18.2 Å². The van der Waals surface area contributed by atoms with E-state index in [-0.39, 0.29) is 5.41 Å². The van der Waals surface area contributed by atoms with E-state index < -0.39 is 0 Å². The summed E-state index contributed by atoms with van der Waals surface area (Å²) in [6.07, 6.45) is 6.54. The van der Waals surface area contributed by atoms with Crippen molar-refractivity contribution in [2.75, 3.05) is 0 Å². The van der Waals surface area contributed by atoms with Crippen LogP contribution in [0.3, 0.4) is 0 Å². The molecule has 2 aromatic rings. The fourth-order valence-electron chi connectivity index (χ4n) is 3.46. The lowest BCUT2D eigenvalue weighted by Gasteiger charge is -2.32. The molecule has 0 saturated heterocycles. The van der Waals surface area contributed by atoms with Crippen LogP contribution in [-0.4, -0.2) is 9.55 Å². The van der Waals surface area contributed by atoms with E-state index in [0.717, 1.165) is 5.52 Å². The Morgan fingerprint density at radius 3 is 2.68 bits per heavy atom. The van der Waals surface area contributed by atoms with Crippen molar-refractivity contribution < 1.29 is 0 Å². The Bertz CT molecular complexity index is 591. The number of aryl methyl sites for hydroxylation is 1. The highest BCUT2D eigenvalue weighted by atomic mass is 15.1. The Labute approximate surface area is 114 Å². The number of imidazole rings is 1. The van der Waals surface area contributed by atoms with Crippen LogP contribution < -0.4 is 5.73 Å². The molecule has 0 bridgehead atoms.